The highest BCUT2D eigenvalue weighted by Crippen LogP contribution is 2.13. The Morgan fingerprint density at radius 1 is 1.35 bits per heavy atom. The molecule has 106 valence electrons. The van der Waals surface area contributed by atoms with Gasteiger partial charge in [0.2, 0.25) is 0 Å². The summed E-state index contributed by atoms with van der Waals surface area (Å²) >= 11 is 0. The quantitative estimate of drug-likeness (QED) is 0.912. The van der Waals surface area contributed by atoms with E-state index in [0.717, 1.165) is 18.6 Å². The number of aromatic nitrogens is 3. The van der Waals surface area contributed by atoms with Crippen LogP contribution < -0.4 is 0 Å². The lowest BCUT2D eigenvalue weighted by Crippen LogP contribution is -2.09. The Labute approximate surface area is 113 Å². The van der Waals surface area contributed by atoms with Gasteiger partial charge in [0, 0.05) is 0 Å². The number of nitrogens with zero attached hydrogens (tertiary/aromatic N) is 3. The van der Waals surface area contributed by atoms with E-state index in [4.69, 9.17) is 5.11 Å². The standard InChI is InChI=1S/C13H13F2N3O2/c1-2-3-11-12(13(19)20)16-17-18(11)7-8-4-5-9(14)10(15)6-8/h4-6H,2-3,7H2,1H3,(H,19,20). The first-order valence-corrected chi connectivity index (χ1v) is 6.12. The van der Waals surface area contributed by atoms with E-state index in [0.29, 0.717) is 17.7 Å². The molecule has 5 nitrogen and oxygen atoms in total. The van der Waals surface area contributed by atoms with Crippen LogP contribution in [0.1, 0.15) is 35.1 Å². The number of aromatic carboxylic acids is 1. The smallest absolute Gasteiger partial charge is 0.358 e. The van der Waals surface area contributed by atoms with Gasteiger partial charge in [0.15, 0.2) is 17.3 Å². The Morgan fingerprint density at radius 3 is 2.70 bits per heavy atom. The van der Waals surface area contributed by atoms with Crippen LogP contribution in [0, 0.1) is 11.6 Å². The molecule has 0 saturated heterocycles. The van der Waals surface area contributed by atoms with Gasteiger partial charge in [0.1, 0.15) is 0 Å². The van der Waals surface area contributed by atoms with Crippen LogP contribution in [0.2, 0.25) is 0 Å². The van der Waals surface area contributed by atoms with Crippen LogP contribution in [0.25, 0.3) is 0 Å². The maximum absolute atomic E-state index is 13.1. The van der Waals surface area contributed by atoms with Gasteiger partial charge in [0.25, 0.3) is 0 Å². The van der Waals surface area contributed by atoms with E-state index in [1.807, 2.05) is 6.92 Å². The first kappa shape index (κ1) is 14.1. The fourth-order valence-corrected chi connectivity index (χ4v) is 1.92. The molecule has 1 N–H and O–H groups in total. The Bertz CT molecular complexity index is 641. The molecule has 0 spiro atoms. The number of halogens is 2. The molecule has 0 aliphatic rings. The zero-order valence-corrected chi connectivity index (χ0v) is 10.8. The van der Waals surface area contributed by atoms with Crippen LogP contribution >= 0.6 is 0 Å². The van der Waals surface area contributed by atoms with Crippen molar-refractivity contribution in [1.82, 2.24) is 15.0 Å². The van der Waals surface area contributed by atoms with Gasteiger partial charge in [0.05, 0.1) is 12.2 Å². The average Bonchev–Trinajstić information content (AvgIpc) is 2.78. The van der Waals surface area contributed by atoms with Crippen molar-refractivity contribution in [1.29, 1.82) is 0 Å². The van der Waals surface area contributed by atoms with Gasteiger partial charge in [-0.2, -0.15) is 0 Å². The first-order chi connectivity index (χ1) is 9.52. The van der Waals surface area contributed by atoms with Gasteiger partial charge >= 0.3 is 5.97 Å². The maximum atomic E-state index is 13.1. The van der Waals surface area contributed by atoms with Crippen molar-refractivity contribution in [3.8, 4) is 0 Å². The summed E-state index contributed by atoms with van der Waals surface area (Å²) in [5.74, 6) is -3.02. The number of hydrogen-bond acceptors (Lipinski definition) is 3. The fraction of sp³-hybridized carbons (Fsp3) is 0.308. The van der Waals surface area contributed by atoms with E-state index in [1.165, 1.54) is 10.7 Å². The van der Waals surface area contributed by atoms with Crippen LogP contribution in [0.15, 0.2) is 18.2 Å². The Balaban J connectivity index is 2.32. The summed E-state index contributed by atoms with van der Waals surface area (Å²) in [6, 6.07) is 3.52. The van der Waals surface area contributed by atoms with Crippen LogP contribution in [0.5, 0.6) is 0 Å². The number of hydrogen-bond donors (Lipinski definition) is 1. The Morgan fingerprint density at radius 2 is 2.10 bits per heavy atom. The SMILES string of the molecule is CCCc1c(C(=O)O)nnn1Cc1ccc(F)c(F)c1. The summed E-state index contributed by atoms with van der Waals surface area (Å²) < 4.78 is 27.4. The second kappa shape index (κ2) is 5.77. The molecule has 20 heavy (non-hydrogen) atoms. The molecule has 0 amide bonds. The van der Waals surface area contributed by atoms with Crippen molar-refractivity contribution in [3.63, 3.8) is 0 Å². The van der Waals surface area contributed by atoms with Gasteiger partial charge < -0.3 is 5.11 Å². The normalized spacial score (nSPS) is 10.8. The lowest BCUT2D eigenvalue weighted by atomic mass is 10.2. The van der Waals surface area contributed by atoms with Crippen molar-refractivity contribution in [2.24, 2.45) is 0 Å². The van der Waals surface area contributed by atoms with Gasteiger partial charge in [-0.15, -0.1) is 5.10 Å². The van der Waals surface area contributed by atoms with Gasteiger partial charge in [-0.05, 0) is 24.1 Å². The number of carboxylic acids is 1. The van der Waals surface area contributed by atoms with Crippen LogP contribution in [-0.2, 0) is 13.0 Å². The van der Waals surface area contributed by atoms with Crippen molar-refractivity contribution >= 4 is 5.97 Å². The molecule has 1 aromatic heterocycles. The van der Waals surface area contributed by atoms with E-state index in [2.05, 4.69) is 10.3 Å². The molecule has 2 rings (SSSR count). The summed E-state index contributed by atoms with van der Waals surface area (Å²) in [6.07, 6.45) is 1.23. The summed E-state index contributed by atoms with van der Waals surface area (Å²) in [6.45, 7) is 2.05. The molecule has 0 radical (unpaired) electrons. The summed E-state index contributed by atoms with van der Waals surface area (Å²) in [5.41, 5.74) is 0.863. The molecule has 2 aromatic rings. The Hall–Kier alpha value is -2.31. The molecule has 0 saturated carbocycles. The third kappa shape index (κ3) is 2.81. The molecule has 0 aliphatic carbocycles. The minimum Gasteiger partial charge on any atom is -0.476 e. The molecular formula is C13H13F2N3O2. The van der Waals surface area contributed by atoms with Crippen LogP contribution in [0.4, 0.5) is 8.78 Å². The maximum Gasteiger partial charge on any atom is 0.358 e. The molecule has 7 heteroatoms. The average molecular weight is 281 g/mol. The topological polar surface area (TPSA) is 68.0 Å². The van der Waals surface area contributed by atoms with E-state index in [1.54, 1.807) is 0 Å². The van der Waals surface area contributed by atoms with E-state index in [-0.39, 0.29) is 12.2 Å². The molecular weight excluding hydrogens is 268 g/mol. The lowest BCUT2D eigenvalue weighted by molar-refractivity contribution is 0.0689. The highest BCUT2D eigenvalue weighted by Gasteiger charge is 2.18. The van der Waals surface area contributed by atoms with Gasteiger partial charge in [-0.1, -0.05) is 24.6 Å². The zero-order chi connectivity index (χ0) is 14.7. The third-order valence-corrected chi connectivity index (χ3v) is 2.84. The number of benzene rings is 1. The molecule has 1 heterocycles. The second-order valence-electron chi connectivity index (χ2n) is 4.35. The van der Waals surface area contributed by atoms with E-state index < -0.39 is 17.6 Å². The minimum absolute atomic E-state index is 0.102. The van der Waals surface area contributed by atoms with Gasteiger partial charge in [-0.3, -0.25) is 0 Å². The number of carboxylic acid groups (broad SMARTS) is 1. The van der Waals surface area contributed by atoms with Crippen LogP contribution in [-0.4, -0.2) is 26.1 Å². The van der Waals surface area contributed by atoms with Gasteiger partial charge in [-0.25, -0.2) is 18.3 Å². The zero-order valence-electron chi connectivity index (χ0n) is 10.8. The molecule has 0 atom stereocenters. The monoisotopic (exact) mass is 281 g/mol. The predicted octanol–water partition coefficient (Wildman–Crippen LogP) is 2.26. The minimum atomic E-state index is -1.15. The second-order valence-corrected chi connectivity index (χ2v) is 4.35. The predicted molar refractivity (Wildman–Crippen MR) is 66.4 cm³/mol. The van der Waals surface area contributed by atoms with E-state index in [9.17, 15) is 13.6 Å². The highest BCUT2D eigenvalue weighted by molar-refractivity contribution is 5.86. The van der Waals surface area contributed by atoms with Crippen LogP contribution in [0.3, 0.4) is 0 Å². The largest absolute Gasteiger partial charge is 0.476 e. The first-order valence-electron chi connectivity index (χ1n) is 6.12. The molecule has 0 unspecified atom stereocenters. The summed E-state index contributed by atoms with van der Waals surface area (Å²) in [4.78, 5) is 11.0. The highest BCUT2D eigenvalue weighted by atomic mass is 19.2. The van der Waals surface area contributed by atoms with E-state index >= 15 is 0 Å². The number of carbonyl (C=O) groups is 1. The summed E-state index contributed by atoms with van der Waals surface area (Å²) in [5, 5.41) is 16.4. The molecule has 0 fully saturated rings. The lowest BCUT2D eigenvalue weighted by Gasteiger charge is -2.06. The molecule has 0 aliphatic heterocycles. The number of rotatable bonds is 5. The van der Waals surface area contributed by atoms with Crippen molar-refractivity contribution in [2.75, 3.05) is 0 Å². The van der Waals surface area contributed by atoms with Crippen molar-refractivity contribution in [2.45, 2.75) is 26.3 Å². The summed E-state index contributed by atoms with van der Waals surface area (Å²) in [7, 11) is 0. The molecule has 1 aromatic carbocycles. The van der Waals surface area contributed by atoms with Crippen molar-refractivity contribution < 1.29 is 18.7 Å². The fourth-order valence-electron chi connectivity index (χ4n) is 1.92. The Kier molecular flexibility index (Phi) is 4.07. The molecule has 0 bridgehead atoms. The van der Waals surface area contributed by atoms with Crippen molar-refractivity contribution in [3.05, 3.63) is 46.8 Å². The third-order valence-electron chi connectivity index (χ3n) is 2.84.